The van der Waals surface area contributed by atoms with Crippen LogP contribution in [0.15, 0.2) is 54.6 Å². The summed E-state index contributed by atoms with van der Waals surface area (Å²) >= 11 is 0. The number of carboxylic acids is 1. The SMILES string of the molecule is O=C(O)/C=C/c1ccccc1OC(O)Oc1ccccc1O. The molecule has 6 nitrogen and oxygen atoms in total. The first kappa shape index (κ1) is 15.4. The van der Waals surface area contributed by atoms with E-state index in [-0.39, 0.29) is 17.2 Å². The Kier molecular flexibility index (Phi) is 5.00. The maximum Gasteiger partial charge on any atom is 0.358 e. The van der Waals surface area contributed by atoms with Crippen molar-refractivity contribution in [2.75, 3.05) is 0 Å². The average molecular weight is 302 g/mol. The van der Waals surface area contributed by atoms with E-state index < -0.39 is 12.4 Å². The normalized spacial score (nSPS) is 12.0. The molecule has 114 valence electrons. The molecule has 0 saturated heterocycles. The predicted octanol–water partition coefficient (Wildman–Crippen LogP) is 2.22. The molecule has 6 heteroatoms. The van der Waals surface area contributed by atoms with Crippen LogP contribution in [0.25, 0.3) is 6.08 Å². The number of aliphatic carboxylic acids is 1. The summed E-state index contributed by atoms with van der Waals surface area (Å²) in [6.45, 7) is -1.66. The highest BCUT2D eigenvalue weighted by Gasteiger charge is 2.12. The van der Waals surface area contributed by atoms with Crippen molar-refractivity contribution < 1.29 is 29.6 Å². The van der Waals surface area contributed by atoms with Crippen molar-refractivity contribution in [3.8, 4) is 17.2 Å². The molecule has 22 heavy (non-hydrogen) atoms. The summed E-state index contributed by atoms with van der Waals surface area (Å²) in [5.74, 6) is -0.929. The third-order valence-corrected chi connectivity index (χ3v) is 2.65. The molecule has 1 unspecified atom stereocenters. The van der Waals surface area contributed by atoms with E-state index in [2.05, 4.69) is 0 Å². The van der Waals surface area contributed by atoms with Crippen molar-refractivity contribution in [2.45, 2.75) is 6.48 Å². The standard InChI is InChI=1S/C16H14O6/c17-12-6-2-4-8-14(12)22-16(20)21-13-7-3-1-5-11(13)9-10-15(18)19/h1-10,16-17,20H,(H,18,19)/b10-9+. The molecule has 2 rings (SSSR count). The highest BCUT2D eigenvalue weighted by Crippen LogP contribution is 2.26. The molecule has 0 spiro atoms. The molecule has 0 amide bonds. The minimum Gasteiger partial charge on any atom is -0.504 e. The lowest BCUT2D eigenvalue weighted by molar-refractivity contribution is -0.160. The number of aromatic hydroxyl groups is 1. The van der Waals surface area contributed by atoms with Crippen LogP contribution in [0.1, 0.15) is 5.56 Å². The molecule has 2 aromatic carbocycles. The average Bonchev–Trinajstić information content (AvgIpc) is 2.48. The number of hydrogen-bond donors (Lipinski definition) is 3. The number of carboxylic acid groups (broad SMARTS) is 1. The quantitative estimate of drug-likeness (QED) is 0.559. The van der Waals surface area contributed by atoms with E-state index in [0.717, 1.165) is 6.08 Å². The van der Waals surface area contributed by atoms with E-state index in [0.29, 0.717) is 5.56 Å². The van der Waals surface area contributed by atoms with Crippen LogP contribution in [0.4, 0.5) is 0 Å². The molecule has 0 aliphatic rings. The minimum atomic E-state index is -1.66. The summed E-state index contributed by atoms with van der Waals surface area (Å²) in [4.78, 5) is 10.6. The van der Waals surface area contributed by atoms with E-state index in [9.17, 15) is 15.0 Å². The largest absolute Gasteiger partial charge is 0.504 e. The molecule has 0 aromatic heterocycles. The number of aliphatic hydroxyl groups excluding tert-OH is 1. The van der Waals surface area contributed by atoms with Crippen LogP contribution in [-0.2, 0) is 4.79 Å². The number of hydrogen-bond acceptors (Lipinski definition) is 5. The smallest absolute Gasteiger partial charge is 0.358 e. The van der Waals surface area contributed by atoms with E-state index in [4.69, 9.17) is 14.6 Å². The van der Waals surface area contributed by atoms with Gasteiger partial charge in [-0.25, -0.2) is 4.79 Å². The van der Waals surface area contributed by atoms with E-state index in [1.165, 1.54) is 18.2 Å². The Hall–Kier alpha value is -2.99. The topological polar surface area (TPSA) is 96.2 Å². The van der Waals surface area contributed by atoms with Gasteiger partial charge in [-0.15, -0.1) is 0 Å². The summed E-state index contributed by atoms with van der Waals surface area (Å²) in [7, 11) is 0. The van der Waals surface area contributed by atoms with Crippen LogP contribution < -0.4 is 9.47 Å². The van der Waals surface area contributed by atoms with Crippen LogP contribution in [-0.4, -0.2) is 27.8 Å². The number of phenolic OH excluding ortho intramolecular Hbond substituents is 1. The molecule has 3 N–H and O–H groups in total. The van der Waals surface area contributed by atoms with Crippen LogP contribution in [0.3, 0.4) is 0 Å². The molecule has 0 radical (unpaired) electrons. The predicted molar refractivity (Wildman–Crippen MR) is 78.5 cm³/mol. The number of phenols is 1. The van der Waals surface area contributed by atoms with E-state index >= 15 is 0 Å². The lowest BCUT2D eigenvalue weighted by Crippen LogP contribution is -2.23. The number of rotatable bonds is 6. The van der Waals surface area contributed by atoms with Gasteiger partial charge in [-0.2, -0.15) is 0 Å². The summed E-state index contributed by atoms with van der Waals surface area (Å²) < 4.78 is 10.3. The highest BCUT2D eigenvalue weighted by molar-refractivity contribution is 5.85. The Morgan fingerprint density at radius 2 is 1.59 bits per heavy atom. The summed E-state index contributed by atoms with van der Waals surface area (Å²) in [5.41, 5.74) is 0.463. The Balaban J connectivity index is 2.10. The van der Waals surface area contributed by atoms with Crippen LogP contribution in [0.2, 0.25) is 0 Å². The highest BCUT2D eigenvalue weighted by atomic mass is 16.8. The summed E-state index contributed by atoms with van der Waals surface area (Å²) in [5, 5.41) is 28.0. The van der Waals surface area contributed by atoms with E-state index in [1.807, 2.05) is 0 Å². The van der Waals surface area contributed by atoms with E-state index in [1.54, 1.807) is 36.4 Å². The van der Waals surface area contributed by atoms with Gasteiger partial charge in [0.25, 0.3) is 0 Å². The summed E-state index contributed by atoms with van der Waals surface area (Å²) in [6.07, 6.45) is 2.29. The van der Waals surface area contributed by atoms with Gasteiger partial charge in [-0.3, -0.25) is 0 Å². The van der Waals surface area contributed by atoms with Gasteiger partial charge >= 0.3 is 12.4 Å². The van der Waals surface area contributed by atoms with Crippen LogP contribution >= 0.6 is 0 Å². The molecule has 0 saturated carbocycles. The van der Waals surface area contributed by atoms with Gasteiger partial charge in [-0.05, 0) is 24.3 Å². The van der Waals surface area contributed by atoms with Crippen LogP contribution in [0, 0.1) is 0 Å². The Labute approximate surface area is 126 Å². The lowest BCUT2D eigenvalue weighted by Gasteiger charge is -2.16. The fourth-order valence-electron chi connectivity index (χ4n) is 1.68. The number of aliphatic hydroxyl groups is 1. The second kappa shape index (κ2) is 7.14. The van der Waals surface area contributed by atoms with Crippen molar-refractivity contribution in [1.82, 2.24) is 0 Å². The van der Waals surface area contributed by atoms with Crippen molar-refractivity contribution in [3.05, 3.63) is 60.2 Å². The van der Waals surface area contributed by atoms with Crippen molar-refractivity contribution in [2.24, 2.45) is 0 Å². The minimum absolute atomic E-state index is 0.0635. The molecular formula is C16H14O6. The Morgan fingerprint density at radius 3 is 2.27 bits per heavy atom. The Bertz CT molecular complexity index is 680. The molecule has 0 aliphatic heterocycles. The fraction of sp³-hybridized carbons (Fsp3) is 0.0625. The lowest BCUT2D eigenvalue weighted by atomic mass is 10.2. The molecule has 0 aliphatic carbocycles. The third kappa shape index (κ3) is 4.26. The first-order valence-corrected chi connectivity index (χ1v) is 6.35. The zero-order valence-electron chi connectivity index (χ0n) is 11.4. The van der Waals surface area contributed by atoms with Gasteiger partial charge in [-0.1, -0.05) is 30.3 Å². The first-order chi connectivity index (χ1) is 10.6. The van der Waals surface area contributed by atoms with Gasteiger partial charge in [0.05, 0.1) is 0 Å². The van der Waals surface area contributed by atoms with Crippen LogP contribution in [0.5, 0.6) is 17.2 Å². The van der Waals surface area contributed by atoms with Gasteiger partial charge in [0.2, 0.25) is 0 Å². The monoisotopic (exact) mass is 302 g/mol. The number of para-hydroxylation sites is 3. The zero-order valence-corrected chi connectivity index (χ0v) is 11.4. The fourth-order valence-corrected chi connectivity index (χ4v) is 1.68. The van der Waals surface area contributed by atoms with Crippen molar-refractivity contribution in [1.29, 1.82) is 0 Å². The van der Waals surface area contributed by atoms with Gasteiger partial charge in [0, 0.05) is 11.6 Å². The third-order valence-electron chi connectivity index (χ3n) is 2.65. The molecular weight excluding hydrogens is 288 g/mol. The molecule has 1 atom stereocenters. The molecule has 0 fully saturated rings. The maximum absolute atomic E-state index is 10.6. The molecule has 0 heterocycles. The summed E-state index contributed by atoms with van der Waals surface area (Å²) in [6, 6.07) is 12.7. The molecule has 0 bridgehead atoms. The molecule has 2 aromatic rings. The van der Waals surface area contributed by atoms with Crippen molar-refractivity contribution in [3.63, 3.8) is 0 Å². The maximum atomic E-state index is 10.6. The zero-order chi connectivity index (χ0) is 15.9. The number of ether oxygens (including phenoxy) is 2. The Morgan fingerprint density at radius 1 is 1.00 bits per heavy atom. The number of carbonyl (C=O) groups is 1. The van der Waals surface area contributed by atoms with Gasteiger partial charge in [0.15, 0.2) is 11.5 Å². The second-order valence-corrected chi connectivity index (χ2v) is 4.22. The van der Waals surface area contributed by atoms with Crippen molar-refractivity contribution >= 4 is 12.0 Å². The number of benzene rings is 2. The first-order valence-electron chi connectivity index (χ1n) is 6.35. The van der Waals surface area contributed by atoms with Gasteiger partial charge < -0.3 is 24.8 Å². The van der Waals surface area contributed by atoms with Gasteiger partial charge in [0.1, 0.15) is 5.75 Å². The second-order valence-electron chi connectivity index (χ2n) is 4.22.